The van der Waals surface area contributed by atoms with Crippen LogP contribution in [0, 0.1) is 0 Å². The van der Waals surface area contributed by atoms with Crippen LogP contribution in [-0.2, 0) is 9.59 Å². The van der Waals surface area contributed by atoms with Gasteiger partial charge in [-0.2, -0.15) is 0 Å². The van der Waals surface area contributed by atoms with Gasteiger partial charge < -0.3 is 15.5 Å². The molecule has 84 valence electrons. The number of hydrogen-bond acceptors (Lipinski definition) is 5. The van der Waals surface area contributed by atoms with Gasteiger partial charge in [0.25, 0.3) is 0 Å². The minimum absolute atomic E-state index is 0.129. The zero-order chi connectivity index (χ0) is 11.8. The molecule has 0 aromatic heterocycles. The third-order valence-electron chi connectivity index (χ3n) is 1.70. The van der Waals surface area contributed by atoms with Gasteiger partial charge in [-0.3, -0.25) is 9.59 Å². The van der Waals surface area contributed by atoms with Gasteiger partial charge in [-0.1, -0.05) is 13.2 Å². The first-order valence-electron chi connectivity index (χ1n) is 4.48. The molecule has 0 aliphatic carbocycles. The number of aliphatic hydroxyl groups is 2. The van der Waals surface area contributed by atoms with Crippen molar-refractivity contribution in [1.29, 1.82) is 0 Å². The van der Waals surface area contributed by atoms with Crippen molar-refractivity contribution in [2.45, 2.75) is 12.8 Å². The Balaban J connectivity index is 3.48. The average Bonchev–Trinajstić information content (AvgIpc) is 2.16. The van der Waals surface area contributed by atoms with Crippen molar-refractivity contribution in [1.82, 2.24) is 5.32 Å². The Kier molecular flexibility index (Phi) is 6.05. The van der Waals surface area contributed by atoms with Crippen LogP contribution < -0.4 is 5.32 Å². The van der Waals surface area contributed by atoms with Crippen molar-refractivity contribution >= 4 is 11.6 Å². The highest BCUT2D eigenvalue weighted by molar-refractivity contribution is 5.93. The van der Waals surface area contributed by atoms with Gasteiger partial charge in [-0.25, -0.2) is 0 Å². The summed E-state index contributed by atoms with van der Waals surface area (Å²) >= 11 is 0. The second-order valence-electron chi connectivity index (χ2n) is 2.99. The minimum atomic E-state index is -0.461. The van der Waals surface area contributed by atoms with Crippen molar-refractivity contribution < 1.29 is 19.8 Å². The van der Waals surface area contributed by atoms with Crippen molar-refractivity contribution in [3.63, 3.8) is 0 Å². The molecule has 0 saturated carbocycles. The van der Waals surface area contributed by atoms with Gasteiger partial charge in [0.2, 0.25) is 0 Å². The summed E-state index contributed by atoms with van der Waals surface area (Å²) < 4.78 is 0. The van der Waals surface area contributed by atoms with Crippen LogP contribution >= 0.6 is 0 Å². The molecular weight excluding hydrogens is 198 g/mol. The Morgan fingerprint density at radius 2 is 1.27 bits per heavy atom. The summed E-state index contributed by atoms with van der Waals surface area (Å²) in [6, 6.07) is 0. The first-order chi connectivity index (χ1) is 6.95. The predicted octanol–water partition coefficient (Wildman–Crippen LogP) is 0.638. The number of aliphatic hydroxyl groups excluding tert-OH is 2. The van der Waals surface area contributed by atoms with Crippen molar-refractivity contribution in [3.05, 3.63) is 24.7 Å². The maximum Gasteiger partial charge on any atom is 0.197 e. The Hall–Kier alpha value is -1.62. The zero-order valence-corrected chi connectivity index (χ0v) is 8.45. The molecule has 0 aromatic rings. The van der Waals surface area contributed by atoms with Gasteiger partial charge in [0.1, 0.15) is 0 Å². The van der Waals surface area contributed by atoms with Crippen molar-refractivity contribution in [3.8, 4) is 0 Å². The molecule has 0 atom stereocenters. The van der Waals surface area contributed by atoms with Gasteiger partial charge in [0.05, 0.1) is 0 Å². The van der Waals surface area contributed by atoms with Crippen LogP contribution in [0.25, 0.3) is 0 Å². The second-order valence-corrected chi connectivity index (χ2v) is 2.99. The van der Waals surface area contributed by atoms with E-state index in [0.717, 1.165) is 0 Å². The van der Waals surface area contributed by atoms with Crippen LogP contribution in [0.3, 0.4) is 0 Å². The standard InChI is InChI=1S/C10H15NO4/c1-7(12)9(14)3-5-11-6-4-10(15)8(2)13/h11-13H,1-6H2. The maximum absolute atomic E-state index is 10.8. The molecule has 0 aliphatic rings. The summed E-state index contributed by atoms with van der Waals surface area (Å²) in [5.74, 6) is -1.78. The van der Waals surface area contributed by atoms with Gasteiger partial charge in [-0.05, 0) is 0 Å². The monoisotopic (exact) mass is 213 g/mol. The van der Waals surface area contributed by atoms with Gasteiger partial charge >= 0.3 is 0 Å². The van der Waals surface area contributed by atoms with Gasteiger partial charge in [-0.15, -0.1) is 0 Å². The number of allylic oxidation sites excluding steroid dienone is 2. The van der Waals surface area contributed by atoms with E-state index in [-0.39, 0.29) is 12.8 Å². The molecule has 0 bridgehead atoms. The highest BCUT2D eigenvalue weighted by atomic mass is 16.3. The fourth-order valence-electron chi connectivity index (χ4n) is 0.817. The molecule has 0 fully saturated rings. The summed E-state index contributed by atoms with van der Waals surface area (Å²) in [6.07, 6.45) is 0.257. The van der Waals surface area contributed by atoms with Crippen molar-refractivity contribution in [2.75, 3.05) is 13.1 Å². The Morgan fingerprint density at radius 3 is 1.53 bits per heavy atom. The number of nitrogens with one attached hydrogen (secondary N) is 1. The first kappa shape index (κ1) is 13.4. The number of ketones is 2. The lowest BCUT2D eigenvalue weighted by molar-refractivity contribution is -0.118. The summed E-state index contributed by atoms with van der Waals surface area (Å²) in [5, 5.41) is 20.1. The summed E-state index contributed by atoms with van der Waals surface area (Å²) in [4.78, 5) is 21.7. The van der Waals surface area contributed by atoms with Gasteiger partial charge in [0, 0.05) is 25.9 Å². The van der Waals surface area contributed by atoms with Crippen LogP contribution in [-0.4, -0.2) is 34.9 Å². The SMILES string of the molecule is C=C(O)C(=O)CCNCCC(=O)C(=C)O. The highest BCUT2D eigenvalue weighted by Crippen LogP contribution is 1.92. The minimum Gasteiger partial charge on any atom is -0.505 e. The molecular formula is C10H15NO4. The second kappa shape index (κ2) is 6.78. The zero-order valence-electron chi connectivity index (χ0n) is 8.45. The molecule has 0 spiro atoms. The first-order valence-corrected chi connectivity index (χ1v) is 4.48. The fraction of sp³-hybridized carbons (Fsp3) is 0.400. The number of rotatable bonds is 8. The van der Waals surface area contributed by atoms with E-state index in [1.807, 2.05) is 0 Å². The predicted molar refractivity (Wildman–Crippen MR) is 55.7 cm³/mol. The summed E-state index contributed by atoms with van der Waals surface area (Å²) in [7, 11) is 0. The molecule has 0 aromatic carbocycles. The van der Waals surface area contributed by atoms with E-state index in [0.29, 0.717) is 13.1 Å². The number of Topliss-reactive ketones (excluding diaryl/α,β-unsaturated/α-hetero) is 2. The van der Waals surface area contributed by atoms with Crippen LogP contribution in [0.2, 0.25) is 0 Å². The van der Waals surface area contributed by atoms with E-state index in [4.69, 9.17) is 10.2 Å². The van der Waals surface area contributed by atoms with E-state index >= 15 is 0 Å². The molecule has 0 aliphatic heterocycles. The topological polar surface area (TPSA) is 86.6 Å². The molecule has 0 amide bonds. The Morgan fingerprint density at radius 1 is 0.933 bits per heavy atom. The smallest absolute Gasteiger partial charge is 0.197 e. The van der Waals surface area contributed by atoms with E-state index < -0.39 is 23.1 Å². The molecule has 0 radical (unpaired) electrons. The molecule has 0 rings (SSSR count). The molecule has 0 saturated heterocycles. The van der Waals surface area contributed by atoms with E-state index in [1.54, 1.807) is 0 Å². The molecule has 3 N–H and O–H groups in total. The molecule has 5 heteroatoms. The molecule has 15 heavy (non-hydrogen) atoms. The average molecular weight is 213 g/mol. The lowest BCUT2D eigenvalue weighted by Crippen LogP contribution is -2.22. The molecule has 0 unspecified atom stereocenters. The van der Waals surface area contributed by atoms with Crippen molar-refractivity contribution in [2.24, 2.45) is 0 Å². The third-order valence-corrected chi connectivity index (χ3v) is 1.70. The fourth-order valence-corrected chi connectivity index (χ4v) is 0.817. The van der Waals surface area contributed by atoms with Crippen LogP contribution in [0.1, 0.15) is 12.8 Å². The Labute approximate surface area is 88.1 Å². The number of carbonyl (C=O) groups is 2. The normalized spacial score (nSPS) is 9.60. The van der Waals surface area contributed by atoms with E-state index in [2.05, 4.69) is 18.5 Å². The highest BCUT2D eigenvalue weighted by Gasteiger charge is 2.06. The molecule has 0 heterocycles. The number of carbonyl (C=O) groups excluding carboxylic acids is 2. The molecule has 5 nitrogen and oxygen atoms in total. The van der Waals surface area contributed by atoms with Crippen LogP contribution in [0.4, 0.5) is 0 Å². The quantitative estimate of drug-likeness (QED) is 0.313. The van der Waals surface area contributed by atoms with Gasteiger partial charge in [0.15, 0.2) is 23.1 Å². The maximum atomic E-state index is 10.8. The summed E-state index contributed by atoms with van der Waals surface area (Å²) in [6.45, 7) is 6.87. The third kappa shape index (κ3) is 6.45. The van der Waals surface area contributed by atoms with E-state index in [9.17, 15) is 9.59 Å². The van der Waals surface area contributed by atoms with Crippen LogP contribution in [0.15, 0.2) is 24.7 Å². The van der Waals surface area contributed by atoms with Crippen LogP contribution in [0.5, 0.6) is 0 Å². The van der Waals surface area contributed by atoms with E-state index in [1.165, 1.54) is 0 Å². The largest absolute Gasteiger partial charge is 0.505 e. The lowest BCUT2D eigenvalue weighted by Gasteiger charge is -2.02. The Bertz CT molecular complexity index is 255. The summed E-state index contributed by atoms with van der Waals surface area (Å²) in [5.41, 5.74) is 0. The number of hydrogen-bond donors (Lipinski definition) is 3. The lowest BCUT2D eigenvalue weighted by atomic mass is 10.2.